The van der Waals surface area contributed by atoms with E-state index in [0.29, 0.717) is 11.8 Å². The van der Waals surface area contributed by atoms with Gasteiger partial charge in [0, 0.05) is 25.8 Å². The molecular weight excluding hydrogens is 395 g/mol. The summed E-state index contributed by atoms with van der Waals surface area (Å²) in [4.78, 5) is 0. The molecule has 104 valence electrons. The summed E-state index contributed by atoms with van der Waals surface area (Å²) in [6, 6.07) is 0. The van der Waals surface area contributed by atoms with Crippen molar-refractivity contribution in [3.8, 4) is 0 Å². The summed E-state index contributed by atoms with van der Waals surface area (Å²) in [5, 5.41) is 0. The zero-order valence-electron chi connectivity index (χ0n) is 13.2. The first-order valence-corrected chi connectivity index (χ1v) is 6.99. The average molecular weight is 421 g/mol. The molecule has 1 heteroatoms. The van der Waals surface area contributed by atoms with Crippen molar-refractivity contribution in [1.82, 2.24) is 0 Å². The van der Waals surface area contributed by atoms with E-state index in [1.165, 1.54) is 22.3 Å². The Balaban J connectivity index is 0.000000324. The molecule has 0 unspecified atom stereocenters. The predicted molar refractivity (Wildman–Crippen MR) is 79.9 cm³/mol. The van der Waals surface area contributed by atoms with Crippen molar-refractivity contribution in [2.45, 2.75) is 54.4 Å². The third-order valence-electron chi connectivity index (χ3n) is 3.22. The Morgan fingerprint density at radius 1 is 0.789 bits per heavy atom. The first-order chi connectivity index (χ1) is 8.40. The van der Waals surface area contributed by atoms with Gasteiger partial charge in [-0.15, -0.1) is 0 Å². The topological polar surface area (TPSA) is 0 Å². The van der Waals surface area contributed by atoms with Gasteiger partial charge in [0.1, 0.15) is 0 Å². The van der Waals surface area contributed by atoms with Crippen LogP contribution in [0, 0.1) is 24.0 Å². The molecule has 0 aromatic carbocycles. The molecule has 2 aliphatic rings. The maximum atomic E-state index is 3.33. The molecule has 0 aromatic rings. The molecule has 0 radical (unpaired) electrons. The van der Waals surface area contributed by atoms with Crippen molar-refractivity contribution in [3.63, 3.8) is 0 Å². The molecule has 0 saturated carbocycles. The van der Waals surface area contributed by atoms with Gasteiger partial charge in [-0.05, 0) is 0 Å². The maximum Gasteiger partial charge on any atom is 0 e. The van der Waals surface area contributed by atoms with Gasteiger partial charge in [-0.2, -0.15) is 11.1 Å². The predicted octanol–water partition coefficient (Wildman–Crippen LogP) is 5.44. The number of allylic oxidation sites excluding steroid dienone is 8. The smallest absolute Gasteiger partial charge is 0 e. The normalized spacial score (nSPS) is 17.3. The fraction of sp³-hybridized carbons (Fsp3) is 0.556. The quantitative estimate of drug-likeness (QED) is 0.412. The van der Waals surface area contributed by atoms with Gasteiger partial charge in [-0.3, -0.25) is 0 Å². The molecule has 0 amide bonds. The third-order valence-corrected chi connectivity index (χ3v) is 3.22. The SMILES string of the molecule is CC1=[C-]C(C(C)C)=CC1.CC1=[C-]C(C(C)C)=CC1.[Hf]. The Kier molecular flexibility index (Phi) is 8.81. The van der Waals surface area contributed by atoms with Crippen LogP contribution in [-0.4, -0.2) is 0 Å². The van der Waals surface area contributed by atoms with E-state index in [4.69, 9.17) is 0 Å². The standard InChI is InChI=1S/2C9H13.Hf/c2*1-7(2)9-5-4-8(3)6-9;/h2*5,7H,4H2,1-3H3;/q2*-1;. The van der Waals surface area contributed by atoms with E-state index >= 15 is 0 Å². The molecule has 0 aliphatic heterocycles. The van der Waals surface area contributed by atoms with Gasteiger partial charge < -0.3 is 0 Å². The summed E-state index contributed by atoms with van der Waals surface area (Å²) < 4.78 is 0. The van der Waals surface area contributed by atoms with Crippen LogP contribution in [0.25, 0.3) is 0 Å². The Labute approximate surface area is 138 Å². The van der Waals surface area contributed by atoms with Crippen molar-refractivity contribution < 1.29 is 25.8 Å². The fourth-order valence-electron chi connectivity index (χ4n) is 1.98. The van der Waals surface area contributed by atoms with Crippen LogP contribution in [0.15, 0.2) is 34.4 Å². The summed E-state index contributed by atoms with van der Waals surface area (Å²) in [6.07, 6.45) is 13.4. The molecule has 0 aromatic heterocycles. The van der Waals surface area contributed by atoms with Crippen molar-refractivity contribution in [2.24, 2.45) is 11.8 Å². The van der Waals surface area contributed by atoms with Crippen LogP contribution >= 0.6 is 0 Å². The first-order valence-electron chi connectivity index (χ1n) is 6.99. The van der Waals surface area contributed by atoms with Gasteiger partial charge in [-0.25, -0.2) is 35.5 Å². The Morgan fingerprint density at radius 3 is 1.21 bits per heavy atom. The monoisotopic (exact) mass is 422 g/mol. The van der Waals surface area contributed by atoms with Crippen molar-refractivity contribution in [3.05, 3.63) is 46.6 Å². The molecule has 0 fully saturated rings. The molecule has 0 nitrogen and oxygen atoms in total. The summed E-state index contributed by atoms with van der Waals surface area (Å²) in [5.41, 5.74) is 5.51. The molecule has 2 aliphatic carbocycles. The minimum atomic E-state index is 0. The van der Waals surface area contributed by atoms with Crippen molar-refractivity contribution >= 4 is 0 Å². The van der Waals surface area contributed by atoms with Crippen LogP contribution < -0.4 is 0 Å². The van der Waals surface area contributed by atoms with Gasteiger partial charge >= 0.3 is 0 Å². The second-order valence-corrected chi connectivity index (χ2v) is 5.85. The van der Waals surface area contributed by atoms with E-state index in [2.05, 4.69) is 65.8 Å². The number of hydrogen-bond donors (Lipinski definition) is 0. The second kappa shape index (κ2) is 8.89. The van der Waals surface area contributed by atoms with E-state index in [1.807, 2.05) is 0 Å². The minimum Gasteiger partial charge on any atom is -0.250 e. The van der Waals surface area contributed by atoms with Gasteiger partial charge in [0.15, 0.2) is 0 Å². The van der Waals surface area contributed by atoms with Gasteiger partial charge in [0.2, 0.25) is 0 Å². The Hall–Kier alpha value is -0.170. The van der Waals surface area contributed by atoms with Crippen LogP contribution in [0.5, 0.6) is 0 Å². The molecular formula is C18H26Hf-2. The molecule has 19 heavy (non-hydrogen) atoms. The van der Waals surface area contributed by atoms with E-state index < -0.39 is 0 Å². The minimum absolute atomic E-state index is 0. The van der Waals surface area contributed by atoms with E-state index in [9.17, 15) is 0 Å². The molecule has 0 N–H and O–H groups in total. The van der Waals surface area contributed by atoms with Crippen LogP contribution in [-0.2, 0) is 25.8 Å². The number of rotatable bonds is 2. The first kappa shape index (κ1) is 18.8. The fourth-order valence-corrected chi connectivity index (χ4v) is 1.98. The molecule has 0 saturated heterocycles. The molecule has 0 spiro atoms. The van der Waals surface area contributed by atoms with Crippen molar-refractivity contribution in [1.29, 1.82) is 0 Å². The summed E-state index contributed by atoms with van der Waals surface area (Å²) in [7, 11) is 0. The Bertz CT molecular complexity index is 363. The van der Waals surface area contributed by atoms with Gasteiger partial charge in [-0.1, -0.05) is 66.2 Å². The number of hydrogen-bond acceptors (Lipinski definition) is 0. The summed E-state index contributed by atoms with van der Waals surface area (Å²) in [6.45, 7) is 13.1. The van der Waals surface area contributed by atoms with Crippen LogP contribution in [0.4, 0.5) is 0 Å². The molecule has 2 rings (SSSR count). The van der Waals surface area contributed by atoms with Gasteiger partial charge in [0.05, 0.1) is 0 Å². The van der Waals surface area contributed by atoms with E-state index in [1.54, 1.807) is 0 Å². The summed E-state index contributed by atoms with van der Waals surface area (Å²) >= 11 is 0. The summed E-state index contributed by atoms with van der Waals surface area (Å²) in [5.74, 6) is 1.31. The third kappa shape index (κ3) is 6.70. The van der Waals surface area contributed by atoms with Gasteiger partial charge in [0.25, 0.3) is 0 Å². The van der Waals surface area contributed by atoms with Crippen LogP contribution in [0.1, 0.15) is 54.4 Å². The van der Waals surface area contributed by atoms with E-state index in [-0.39, 0.29) is 25.8 Å². The Morgan fingerprint density at radius 2 is 1.11 bits per heavy atom. The van der Waals surface area contributed by atoms with Crippen LogP contribution in [0.2, 0.25) is 0 Å². The second-order valence-electron chi connectivity index (χ2n) is 5.85. The zero-order chi connectivity index (χ0) is 13.7. The molecule has 0 bridgehead atoms. The zero-order valence-corrected chi connectivity index (χ0v) is 16.8. The maximum absolute atomic E-state index is 3.33. The van der Waals surface area contributed by atoms with Crippen LogP contribution in [0.3, 0.4) is 0 Å². The van der Waals surface area contributed by atoms with Crippen molar-refractivity contribution in [2.75, 3.05) is 0 Å². The van der Waals surface area contributed by atoms with E-state index in [0.717, 1.165) is 12.8 Å². The molecule has 0 atom stereocenters. The largest absolute Gasteiger partial charge is 0.250 e. The average Bonchev–Trinajstić information content (AvgIpc) is 2.88. The molecule has 0 heterocycles.